The number of hydrogen-bond acceptors (Lipinski definition) is 4. The summed E-state index contributed by atoms with van der Waals surface area (Å²) in [7, 11) is -1.43. The van der Waals surface area contributed by atoms with Crippen LogP contribution in [-0.2, 0) is 15.6 Å². The quantitative estimate of drug-likeness (QED) is 0.569. The Bertz CT molecular complexity index is 454. The standard InChI is InChI=1S/C10H11N3O2S/c11-4-5-13-10(14)7-16(15)9-3-1-2-8(12)6-9/h1-3,6H,5,7,12H2,(H,13,14). The summed E-state index contributed by atoms with van der Waals surface area (Å²) in [5.74, 6) is -0.576. The number of nitrogens with zero attached hydrogens (tertiary/aromatic N) is 1. The van der Waals surface area contributed by atoms with Crippen LogP contribution in [0.2, 0.25) is 0 Å². The highest BCUT2D eigenvalue weighted by molar-refractivity contribution is 7.85. The summed E-state index contributed by atoms with van der Waals surface area (Å²) >= 11 is 0. The molecule has 84 valence electrons. The normalized spacial score (nSPS) is 11.4. The van der Waals surface area contributed by atoms with E-state index in [1.54, 1.807) is 30.3 Å². The molecule has 0 bridgehead atoms. The summed E-state index contributed by atoms with van der Waals surface area (Å²) in [6.45, 7) is -0.0764. The molecule has 0 fully saturated rings. The maximum absolute atomic E-state index is 11.7. The van der Waals surface area contributed by atoms with E-state index in [1.165, 1.54) is 0 Å². The van der Waals surface area contributed by atoms with Crippen LogP contribution in [0, 0.1) is 11.3 Å². The summed E-state index contributed by atoms with van der Waals surface area (Å²) in [6.07, 6.45) is 0. The lowest BCUT2D eigenvalue weighted by molar-refractivity contribution is -0.118. The van der Waals surface area contributed by atoms with Crippen LogP contribution in [-0.4, -0.2) is 22.4 Å². The Kier molecular flexibility index (Phi) is 4.48. The van der Waals surface area contributed by atoms with Crippen molar-refractivity contribution < 1.29 is 9.00 Å². The summed E-state index contributed by atoms with van der Waals surface area (Å²) in [5.41, 5.74) is 6.03. The van der Waals surface area contributed by atoms with Crippen molar-refractivity contribution in [3.05, 3.63) is 24.3 Å². The van der Waals surface area contributed by atoms with E-state index in [0.717, 1.165) is 0 Å². The number of carbonyl (C=O) groups excluding carboxylic acids is 1. The summed E-state index contributed by atoms with van der Waals surface area (Å²) < 4.78 is 11.7. The lowest BCUT2D eigenvalue weighted by Gasteiger charge is -2.02. The van der Waals surface area contributed by atoms with E-state index in [1.807, 2.05) is 0 Å². The Balaban J connectivity index is 2.59. The molecular formula is C10H11N3O2S. The van der Waals surface area contributed by atoms with Gasteiger partial charge in [0.25, 0.3) is 0 Å². The fraction of sp³-hybridized carbons (Fsp3) is 0.200. The van der Waals surface area contributed by atoms with E-state index >= 15 is 0 Å². The van der Waals surface area contributed by atoms with Crippen LogP contribution in [0.3, 0.4) is 0 Å². The maximum atomic E-state index is 11.7. The smallest absolute Gasteiger partial charge is 0.233 e. The van der Waals surface area contributed by atoms with Gasteiger partial charge in [0, 0.05) is 10.6 Å². The van der Waals surface area contributed by atoms with E-state index in [0.29, 0.717) is 10.6 Å². The molecule has 0 aliphatic carbocycles. The molecule has 1 aromatic rings. The van der Waals surface area contributed by atoms with E-state index in [2.05, 4.69) is 5.32 Å². The van der Waals surface area contributed by atoms with Crippen LogP contribution < -0.4 is 11.1 Å². The average molecular weight is 237 g/mol. The monoisotopic (exact) mass is 237 g/mol. The second-order valence-corrected chi connectivity index (χ2v) is 4.45. The Morgan fingerprint density at radius 2 is 2.31 bits per heavy atom. The molecule has 0 aromatic heterocycles. The number of hydrogen-bond donors (Lipinski definition) is 2. The first-order chi connectivity index (χ1) is 7.63. The number of anilines is 1. The van der Waals surface area contributed by atoms with Crippen molar-refractivity contribution in [3.8, 4) is 6.07 Å². The number of rotatable bonds is 4. The van der Waals surface area contributed by atoms with Crippen molar-refractivity contribution in [2.24, 2.45) is 0 Å². The molecule has 0 saturated carbocycles. The number of amides is 1. The average Bonchev–Trinajstić information content (AvgIpc) is 2.26. The first kappa shape index (κ1) is 12.2. The van der Waals surface area contributed by atoms with Gasteiger partial charge in [-0.1, -0.05) is 6.07 Å². The third-order valence-corrected chi connectivity index (χ3v) is 3.05. The first-order valence-electron chi connectivity index (χ1n) is 4.51. The van der Waals surface area contributed by atoms with Crippen molar-refractivity contribution >= 4 is 22.4 Å². The van der Waals surface area contributed by atoms with Gasteiger partial charge >= 0.3 is 0 Å². The molecule has 1 unspecified atom stereocenters. The zero-order valence-corrected chi connectivity index (χ0v) is 9.29. The molecular weight excluding hydrogens is 226 g/mol. The molecule has 0 saturated heterocycles. The number of nitrogens with one attached hydrogen (secondary N) is 1. The molecule has 5 nitrogen and oxygen atoms in total. The molecule has 0 aliphatic heterocycles. The molecule has 16 heavy (non-hydrogen) atoms. The Hall–Kier alpha value is -1.87. The predicted octanol–water partition coefficient (Wildman–Crippen LogP) is 0.0162. The van der Waals surface area contributed by atoms with Gasteiger partial charge in [0.05, 0.1) is 16.9 Å². The number of nitriles is 1. The van der Waals surface area contributed by atoms with Crippen molar-refractivity contribution in [2.75, 3.05) is 18.0 Å². The fourth-order valence-corrected chi connectivity index (χ4v) is 2.05. The van der Waals surface area contributed by atoms with Crippen LogP contribution in [0.25, 0.3) is 0 Å². The van der Waals surface area contributed by atoms with Gasteiger partial charge in [-0.05, 0) is 18.2 Å². The Morgan fingerprint density at radius 3 is 2.94 bits per heavy atom. The van der Waals surface area contributed by atoms with Gasteiger partial charge in [-0.15, -0.1) is 0 Å². The van der Waals surface area contributed by atoms with Crippen molar-refractivity contribution in [2.45, 2.75) is 4.90 Å². The van der Waals surface area contributed by atoms with Gasteiger partial charge in [0.15, 0.2) is 0 Å². The molecule has 1 aromatic carbocycles. The van der Waals surface area contributed by atoms with Crippen molar-refractivity contribution in [3.63, 3.8) is 0 Å². The van der Waals surface area contributed by atoms with Crippen LogP contribution >= 0.6 is 0 Å². The SMILES string of the molecule is N#CCNC(=O)CS(=O)c1cccc(N)c1. The molecule has 0 spiro atoms. The Labute approximate surface area is 95.7 Å². The first-order valence-corrected chi connectivity index (χ1v) is 5.83. The van der Waals surface area contributed by atoms with Crippen molar-refractivity contribution in [1.82, 2.24) is 5.32 Å². The van der Waals surface area contributed by atoms with Gasteiger partial charge in [-0.2, -0.15) is 5.26 Å². The summed E-state index contributed by atoms with van der Waals surface area (Å²) in [6, 6.07) is 8.33. The summed E-state index contributed by atoms with van der Waals surface area (Å²) in [4.78, 5) is 11.7. The topological polar surface area (TPSA) is 96.0 Å². The number of carbonyl (C=O) groups is 1. The molecule has 1 atom stereocenters. The van der Waals surface area contributed by atoms with E-state index in [4.69, 9.17) is 11.0 Å². The largest absolute Gasteiger partial charge is 0.399 e. The van der Waals surface area contributed by atoms with Gasteiger partial charge in [0.2, 0.25) is 5.91 Å². The molecule has 0 aliphatic rings. The van der Waals surface area contributed by atoms with Crippen LogP contribution in [0.1, 0.15) is 0 Å². The summed E-state index contributed by atoms with van der Waals surface area (Å²) in [5, 5.41) is 10.6. The third-order valence-electron chi connectivity index (χ3n) is 1.75. The second-order valence-electron chi connectivity index (χ2n) is 3.00. The molecule has 0 heterocycles. The van der Waals surface area contributed by atoms with Gasteiger partial charge in [-0.25, -0.2) is 0 Å². The molecule has 3 N–H and O–H groups in total. The van der Waals surface area contributed by atoms with Gasteiger partial charge in [0.1, 0.15) is 12.3 Å². The van der Waals surface area contributed by atoms with Crippen LogP contribution in [0.5, 0.6) is 0 Å². The molecule has 1 rings (SSSR count). The molecule has 1 amide bonds. The van der Waals surface area contributed by atoms with Gasteiger partial charge < -0.3 is 11.1 Å². The molecule has 6 heteroatoms. The third kappa shape index (κ3) is 3.71. The number of nitrogens with two attached hydrogens (primary N) is 1. The van der Waals surface area contributed by atoms with Gasteiger partial charge in [-0.3, -0.25) is 9.00 Å². The minimum atomic E-state index is -1.43. The second kappa shape index (κ2) is 5.88. The highest BCUT2D eigenvalue weighted by Crippen LogP contribution is 2.10. The van der Waals surface area contributed by atoms with E-state index in [-0.39, 0.29) is 12.3 Å². The number of benzene rings is 1. The lowest BCUT2D eigenvalue weighted by atomic mass is 10.3. The zero-order valence-electron chi connectivity index (χ0n) is 8.47. The Morgan fingerprint density at radius 1 is 1.56 bits per heavy atom. The molecule has 0 radical (unpaired) electrons. The highest BCUT2D eigenvalue weighted by Gasteiger charge is 2.09. The van der Waals surface area contributed by atoms with Crippen molar-refractivity contribution in [1.29, 1.82) is 5.26 Å². The fourth-order valence-electron chi connectivity index (χ4n) is 1.05. The minimum absolute atomic E-state index is 0.0764. The maximum Gasteiger partial charge on any atom is 0.233 e. The zero-order chi connectivity index (χ0) is 12.0. The minimum Gasteiger partial charge on any atom is -0.399 e. The van der Waals surface area contributed by atoms with Crippen LogP contribution in [0.4, 0.5) is 5.69 Å². The highest BCUT2D eigenvalue weighted by atomic mass is 32.2. The van der Waals surface area contributed by atoms with Crippen LogP contribution in [0.15, 0.2) is 29.2 Å². The lowest BCUT2D eigenvalue weighted by Crippen LogP contribution is -2.28. The van der Waals surface area contributed by atoms with E-state index in [9.17, 15) is 9.00 Å². The number of nitrogen functional groups attached to an aromatic ring is 1. The predicted molar refractivity (Wildman–Crippen MR) is 60.8 cm³/mol. The van der Waals surface area contributed by atoms with E-state index < -0.39 is 16.7 Å².